The minimum Gasteiger partial charge on any atom is -0.392 e. The van der Waals surface area contributed by atoms with Gasteiger partial charge in [0.05, 0.1) is 0 Å². The standard InChI is InChI=1S/C10H18FN.C7H14/c1-8(12-3)9-4-6-10(2,11)7-5-9;1-2-4-6-7-5-3-1/h9,12H,1,4-7H2,2-3H3;1-7H2. The van der Waals surface area contributed by atoms with Crippen LogP contribution in [0.5, 0.6) is 0 Å². The Morgan fingerprint density at radius 3 is 1.68 bits per heavy atom. The molecule has 0 atom stereocenters. The zero-order chi connectivity index (χ0) is 14.1. The number of rotatable bonds is 2. The van der Waals surface area contributed by atoms with Crippen molar-refractivity contribution in [1.82, 2.24) is 5.32 Å². The minimum atomic E-state index is -0.926. The van der Waals surface area contributed by atoms with E-state index in [1.165, 1.54) is 44.9 Å². The summed E-state index contributed by atoms with van der Waals surface area (Å²) in [4.78, 5) is 0. The molecule has 0 amide bonds. The van der Waals surface area contributed by atoms with Gasteiger partial charge < -0.3 is 5.32 Å². The Morgan fingerprint density at radius 2 is 1.37 bits per heavy atom. The highest BCUT2D eigenvalue weighted by Gasteiger charge is 2.31. The Hall–Kier alpha value is -0.530. The number of nitrogens with one attached hydrogen (secondary N) is 1. The Bertz CT molecular complexity index is 230. The monoisotopic (exact) mass is 269 g/mol. The molecule has 0 radical (unpaired) electrons. The molecule has 0 aromatic heterocycles. The van der Waals surface area contributed by atoms with Crippen molar-refractivity contribution >= 4 is 0 Å². The Labute approximate surface area is 119 Å². The number of alkyl halides is 1. The molecule has 0 heterocycles. The fourth-order valence-corrected chi connectivity index (χ4v) is 3.01. The highest BCUT2D eigenvalue weighted by atomic mass is 19.1. The topological polar surface area (TPSA) is 12.0 Å². The van der Waals surface area contributed by atoms with Crippen molar-refractivity contribution in [2.24, 2.45) is 5.92 Å². The SMILES string of the molecule is C1CCCCCC1.C=C(NC)C1CCC(C)(F)CC1. The van der Waals surface area contributed by atoms with Crippen molar-refractivity contribution in [1.29, 1.82) is 0 Å². The van der Waals surface area contributed by atoms with Gasteiger partial charge in [0.25, 0.3) is 0 Å². The first-order valence-electron chi connectivity index (χ1n) is 8.10. The van der Waals surface area contributed by atoms with Gasteiger partial charge in [-0.05, 0) is 38.5 Å². The van der Waals surface area contributed by atoms with E-state index in [1.807, 2.05) is 7.05 Å². The molecule has 0 saturated heterocycles. The van der Waals surface area contributed by atoms with E-state index in [0.29, 0.717) is 18.8 Å². The van der Waals surface area contributed by atoms with Crippen LogP contribution in [0, 0.1) is 5.92 Å². The molecule has 2 saturated carbocycles. The van der Waals surface area contributed by atoms with Crippen LogP contribution in [0.15, 0.2) is 12.3 Å². The smallest absolute Gasteiger partial charge is 0.108 e. The minimum absolute atomic E-state index is 0.485. The molecule has 2 aliphatic rings. The van der Waals surface area contributed by atoms with Crippen LogP contribution in [0.3, 0.4) is 0 Å². The highest BCUT2D eigenvalue weighted by Crippen LogP contribution is 2.36. The molecule has 19 heavy (non-hydrogen) atoms. The van der Waals surface area contributed by atoms with E-state index >= 15 is 0 Å². The van der Waals surface area contributed by atoms with Crippen molar-refractivity contribution in [3.8, 4) is 0 Å². The molecule has 112 valence electrons. The number of hydrogen-bond acceptors (Lipinski definition) is 1. The summed E-state index contributed by atoms with van der Waals surface area (Å²) in [6.07, 6.45) is 13.7. The summed E-state index contributed by atoms with van der Waals surface area (Å²) in [6.45, 7) is 5.61. The lowest BCUT2D eigenvalue weighted by molar-refractivity contribution is 0.111. The molecule has 2 heteroatoms. The van der Waals surface area contributed by atoms with Gasteiger partial charge in [-0.25, -0.2) is 4.39 Å². The Morgan fingerprint density at radius 1 is 1.00 bits per heavy atom. The second-order valence-corrected chi connectivity index (χ2v) is 6.44. The first kappa shape index (κ1) is 16.5. The quantitative estimate of drug-likeness (QED) is 0.665. The second-order valence-electron chi connectivity index (χ2n) is 6.44. The van der Waals surface area contributed by atoms with Crippen LogP contribution < -0.4 is 5.32 Å². The third kappa shape index (κ3) is 6.98. The maximum atomic E-state index is 13.4. The van der Waals surface area contributed by atoms with Gasteiger partial charge >= 0.3 is 0 Å². The average Bonchev–Trinajstić information content (AvgIpc) is 2.71. The maximum Gasteiger partial charge on any atom is 0.108 e. The zero-order valence-corrected chi connectivity index (χ0v) is 12.9. The van der Waals surface area contributed by atoms with Gasteiger partial charge in [-0.1, -0.05) is 51.5 Å². The Kier molecular flexibility index (Phi) is 7.48. The normalized spacial score (nSPS) is 31.6. The van der Waals surface area contributed by atoms with Gasteiger partial charge in [-0.15, -0.1) is 0 Å². The first-order chi connectivity index (χ1) is 9.05. The fraction of sp³-hybridized carbons (Fsp3) is 0.882. The zero-order valence-electron chi connectivity index (χ0n) is 12.9. The lowest BCUT2D eigenvalue weighted by Crippen LogP contribution is -2.28. The molecule has 2 fully saturated rings. The van der Waals surface area contributed by atoms with Crippen molar-refractivity contribution in [3.05, 3.63) is 12.3 Å². The molecule has 0 aliphatic heterocycles. The predicted molar refractivity (Wildman–Crippen MR) is 82.0 cm³/mol. The van der Waals surface area contributed by atoms with Crippen molar-refractivity contribution in [3.63, 3.8) is 0 Å². The first-order valence-corrected chi connectivity index (χ1v) is 8.10. The second kappa shape index (κ2) is 8.60. The molecule has 1 nitrogen and oxygen atoms in total. The number of halogens is 1. The third-order valence-electron chi connectivity index (χ3n) is 4.59. The highest BCUT2D eigenvalue weighted by molar-refractivity contribution is 5.00. The molecule has 0 bridgehead atoms. The van der Waals surface area contributed by atoms with Crippen LogP contribution >= 0.6 is 0 Å². The number of allylic oxidation sites excluding steroid dienone is 1. The van der Waals surface area contributed by atoms with Gasteiger partial charge in [0.1, 0.15) is 5.67 Å². The van der Waals surface area contributed by atoms with Crippen molar-refractivity contribution < 1.29 is 4.39 Å². The van der Waals surface area contributed by atoms with E-state index in [1.54, 1.807) is 6.92 Å². The molecule has 2 aliphatic carbocycles. The molecular formula is C17H32FN. The van der Waals surface area contributed by atoms with Gasteiger partial charge in [-0.3, -0.25) is 0 Å². The van der Waals surface area contributed by atoms with Crippen LogP contribution in [0.2, 0.25) is 0 Å². The molecule has 1 N–H and O–H groups in total. The van der Waals surface area contributed by atoms with E-state index in [-0.39, 0.29) is 0 Å². The molecule has 2 rings (SSSR count). The number of hydrogen-bond donors (Lipinski definition) is 1. The van der Waals surface area contributed by atoms with Gasteiger partial charge in [0.15, 0.2) is 0 Å². The molecule has 0 aromatic rings. The van der Waals surface area contributed by atoms with Gasteiger partial charge in [0, 0.05) is 12.7 Å². The van der Waals surface area contributed by atoms with E-state index in [2.05, 4.69) is 11.9 Å². The van der Waals surface area contributed by atoms with Gasteiger partial charge in [0.2, 0.25) is 0 Å². The largest absolute Gasteiger partial charge is 0.392 e. The Balaban J connectivity index is 0.000000218. The average molecular weight is 269 g/mol. The summed E-state index contributed by atoms with van der Waals surface area (Å²) in [5.41, 5.74) is 0.135. The molecule has 0 aromatic carbocycles. The van der Waals surface area contributed by atoms with Crippen LogP contribution in [0.1, 0.15) is 77.6 Å². The lowest BCUT2D eigenvalue weighted by Gasteiger charge is -2.31. The summed E-state index contributed by atoms with van der Waals surface area (Å²) < 4.78 is 13.4. The van der Waals surface area contributed by atoms with E-state index in [4.69, 9.17) is 0 Å². The van der Waals surface area contributed by atoms with Crippen LogP contribution in [0.25, 0.3) is 0 Å². The van der Waals surface area contributed by atoms with Crippen LogP contribution in [0.4, 0.5) is 4.39 Å². The third-order valence-corrected chi connectivity index (χ3v) is 4.59. The van der Waals surface area contributed by atoms with E-state index < -0.39 is 5.67 Å². The van der Waals surface area contributed by atoms with Crippen LogP contribution in [-0.2, 0) is 0 Å². The maximum absolute atomic E-state index is 13.4. The summed E-state index contributed by atoms with van der Waals surface area (Å²) in [5, 5.41) is 3.05. The van der Waals surface area contributed by atoms with E-state index in [9.17, 15) is 4.39 Å². The summed E-state index contributed by atoms with van der Waals surface area (Å²) >= 11 is 0. The van der Waals surface area contributed by atoms with Crippen molar-refractivity contribution in [2.75, 3.05) is 7.05 Å². The summed E-state index contributed by atoms with van der Waals surface area (Å²) in [5.74, 6) is 0.485. The molecule has 0 spiro atoms. The van der Waals surface area contributed by atoms with Crippen LogP contribution in [-0.4, -0.2) is 12.7 Å². The fourth-order valence-electron chi connectivity index (χ4n) is 3.01. The molecular weight excluding hydrogens is 237 g/mol. The summed E-state index contributed by atoms with van der Waals surface area (Å²) in [6, 6.07) is 0. The predicted octanol–water partition coefficient (Wildman–Crippen LogP) is 5.37. The van der Waals surface area contributed by atoms with Gasteiger partial charge in [-0.2, -0.15) is 0 Å². The molecule has 0 unspecified atom stereocenters. The van der Waals surface area contributed by atoms with E-state index in [0.717, 1.165) is 18.5 Å². The van der Waals surface area contributed by atoms with Crippen molar-refractivity contribution in [2.45, 2.75) is 83.2 Å². The lowest BCUT2D eigenvalue weighted by atomic mass is 9.80. The summed E-state index contributed by atoms with van der Waals surface area (Å²) in [7, 11) is 1.88.